The predicted octanol–water partition coefficient (Wildman–Crippen LogP) is 3.11. The number of primary amides is 1. The first-order valence-electron chi connectivity index (χ1n) is 10.6. The molecule has 5 N–H and O–H groups in total. The van der Waals surface area contributed by atoms with E-state index in [4.69, 9.17) is 5.73 Å². The van der Waals surface area contributed by atoms with E-state index in [2.05, 4.69) is 25.3 Å². The molecule has 0 saturated heterocycles. The van der Waals surface area contributed by atoms with Crippen molar-refractivity contribution in [3.8, 4) is 0 Å². The lowest BCUT2D eigenvalue weighted by molar-refractivity contribution is -0.00698. The number of hydrogen-bond donors (Lipinski definition) is 4. The van der Waals surface area contributed by atoms with Gasteiger partial charge in [-0.15, -0.1) is 0 Å². The zero-order valence-electron chi connectivity index (χ0n) is 16.6. The van der Waals surface area contributed by atoms with Crippen LogP contribution in [0.25, 0.3) is 11.0 Å². The Hall–Kier alpha value is -3.16. The summed E-state index contributed by atoms with van der Waals surface area (Å²) >= 11 is 0. The van der Waals surface area contributed by atoms with Crippen LogP contribution in [0.1, 0.15) is 65.2 Å². The van der Waals surface area contributed by atoms with Crippen LogP contribution in [0.4, 0.5) is 5.95 Å². The van der Waals surface area contributed by atoms with E-state index < -0.39 is 5.91 Å². The number of anilines is 1. The number of benzene rings is 1. The van der Waals surface area contributed by atoms with E-state index in [1.807, 2.05) is 6.20 Å². The Morgan fingerprint density at radius 1 is 1.07 bits per heavy atom. The van der Waals surface area contributed by atoms with Gasteiger partial charge in [0.2, 0.25) is 5.95 Å². The van der Waals surface area contributed by atoms with Crippen molar-refractivity contribution in [3.05, 3.63) is 41.5 Å². The number of nitrogens with zero attached hydrogens (tertiary/aromatic N) is 2. The lowest BCUT2D eigenvalue weighted by atomic mass is 9.49. The summed E-state index contributed by atoms with van der Waals surface area (Å²) in [6, 6.07) is 5.17. The molecule has 4 bridgehead atoms. The third-order valence-electron chi connectivity index (χ3n) is 7.41. The van der Waals surface area contributed by atoms with E-state index in [-0.39, 0.29) is 17.1 Å². The van der Waals surface area contributed by atoms with Crippen LogP contribution in [0, 0.1) is 17.8 Å². The molecule has 0 unspecified atom stereocenters. The second kappa shape index (κ2) is 6.17. The van der Waals surface area contributed by atoms with E-state index in [1.165, 1.54) is 38.5 Å². The molecule has 4 fully saturated rings. The third kappa shape index (κ3) is 2.66. The number of H-pyrrole nitrogens is 2. The molecule has 4 aliphatic carbocycles. The van der Waals surface area contributed by atoms with Crippen LogP contribution < -0.4 is 11.1 Å². The standard InChI is InChI=1S/C22H24N6O2/c23-18(29)19-25-15-3-1-2-14(17(15)27-19)20(30)28-21-24-10-16(26-21)22-7-11-4-12(8-22)6-13(5-11)9-22/h1-3,10-13H,4-9H2,(H2,23,29)(H,25,27)(H2,24,26,28,30). The summed E-state index contributed by atoms with van der Waals surface area (Å²) in [6.45, 7) is 0. The molecule has 7 rings (SSSR count). The highest BCUT2D eigenvalue weighted by molar-refractivity contribution is 6.11. The Morgan fingerprint density at radius 3 is 2.43 bits per heavy atom. The van der Waals surface area contributed by atoms with Gasteiger partial charge in [0.05, 0.1) is 17.3 Å². The zero-order chi connectivity index (χ0) is 20.5. The van der Waals surface area contributed by atoms with E-state index in [9.17, 15) is 9.59 Å². The fourth-order valence-electron chi connectivity index (χ4n) is 6.60. The van der Waals surface area contributed by atoms with Gasteiger partial charge in [-0.3, -0.25) is 14.9 Å². The molecular weight excluding hydrogens is 380 g/mol. The summed E-state index contributed by atoms with van der Waals surface area (Å²) in [4.78, 5) is 39.2. The monoisotopic (exact) mass is 404 g/mol. The molecule has 154 valence electrons. The fourth-order valence-corrected chi connectivity index (χ4v) is 6.60. The number of imidazole rings is 2. The number of rotatable bonds is 4. The van der Waals surface area contributed by atoms with Crippen LogP contribution in [0.5, 0.6) is 0 Å². The topological polar surface area (TPSA) is 130 Å². The van der Waals surface area contributed by atoms with E-state index in [0.29, 0.717) is 22.5 Å². The van der Waals surface area contributed by atoms with Crippen molar-refractivity contribution >= 4 is 28.8 Å². The van der Waals surface area contributed by atoms with Gasteiger partial charge in [0.15, 0.2) is 5.82 Å². The van der Waals surface area contributed by atoms with Crippen LogP contribution in [0.15, 0.2) is 24.4 Å². The Kier molecular flexibility index (Phi) is 3.63. The maximum Gasteiger partial charge on any atom is 0.284 e. The number of aromatic amines is 2. The number of carbonyl (C=O) groups excluding carboxylic acids is 2. The van der Waals surface area contributed by atoms with Gasteiger partial charge in [0.25, 0.3) is 11.8 Å². The molecular formula is C22H24N6O2. The van der Waals surface area contributed by atoms with E-state index >= 15 is 0 Å². The largest absolute Gasteiger partial charge is 0.363 e. The average molecular weight is 404 g/mol. The van der Waals surface area contributed by atoms with Crippen LogP contribution in [-0.2, 0) is 5.41 Å². The van der Waals surface area contributed by atoms with Gasteiger partial charge in [-0.2, -0.15) is 0 Å². The minimum atomic E-state index is -0.663. The molecule has 1 aromatic carbocycles. The highest BCUT2D eigenvalue weighted by Gasteiger charge is 2.52. The molecule has 30 heavy (non-hydrogen) atoms. The second-order valence-electron chi connectivity index (χ2n) is 9.45. The van der Waals surface area contributed by atoms with Crippen LogP contribution in [-0.4, -0.2) is 31.8 Å². The highest BCUT2D eigenvalue weighted by atomic mass is 16.2. The quantitative estimate of drug-likeness (QED) is 0.532. The predicted molar refractivity (Wildman–Crippen MR) is 111 cm³/mol. The van der Waals surface area contributed by atoms with Gasteiger partial charge in [0, 0.05) is 11.1 Å². The number of amides is 2. The first kappa shape index (κ1) is 17.7. The Labute approximate surface area is 173 Å². The highest BCUT2D eigenvalue weighted by Crippen LogP contribution is 2.60. The minimum absolute atomic E-state index is 0.0346. The van der Waals surface area contributed by atoms with Crippen molar-refractivity contribution in [1.29, 1.82) is 0 Å². The van der Waals surface area contributed by atoms with Crippen molar-refractivity contribution in [1.82, 2.24) is 19.9 Å². The van der Waals surface area contributed by atoms with Crippen LogP contribution in [0.3, 0.4) is 0 Å². The number of carbonyl (C=O) groups is 2. The molecule has 8 heteroatoms. The average Bonchev–Trinajstić information content (AvgIpc) is 3.34. The maximum atomic E-state index is 12.9. The van der Waals surface area contributed by atoms with Crippen molar-refractivity contribution in [2.45, 2.75) is 43.9 Å². The number of aromatic nitrogens is 4. The Bertz CT molecular complexity index is 1140. The van der Waals surface area contributed by atoms with Gasteiger partial charge in [-0.1, -0.05) is 6.07 Å². The number of fused-ring (bicyclic) bond motifs is 1. The van der Waals surface area contributed by atoms with Gasteiger partial charge < -0.3 is 15.7 Å². The minimum Gasteiger partial charge on any atom is -0.363 e. The SMILES string of the molecule is NC(=O)c1nc2c(C(=O)Nc3ncc(C45CC6CC(CC(C6)C4)C5)[nH]3)cccc2[nH]1. The molecule has 2 aromatic heterocycles. The molecule has 0 atom stereocenters. The number of nitrogens with two attached hydrogens (primary N) is 1. The van der Waals surface area contributed by atoms with Gasteiger partial charge in [0.1, 0.15) is 5.52 Å². The van der Waals surface area contributed by atoms with E-state index in [0.717, 1.165) is 23.4 Å². The number of para-hydroxylation sites is 1. The Morgan fingerprint density at radius 2 is 1.77 bits per heavy atom. The molecule has 2 heterocycles. The zero-order valence-corrected chi connectivity index (χ0v) is 16.6. The molecule has 0 spiro atoms. The second-order valence-corrected chi connectivity index (χ2v) is 9.45. The van der Waals surface area contributed by atoms with Crippen molar-refractivity contribution in [3.63, 3.8) is 0 Å². The van der Waals surface area contributed by atoms with E-state index in [1.54, 1.807) is 18.2 Å². The molecule has 4 aliphatic rings. The maximum absolute atomic E-state index is 12.9. The summed E-state index contributed by atoms with van der Waals surface area (Å²) in [5.41, 5.74) is 8.03. The molecule has 8 nitrogen and oxygen atoms in total. The molecule has 0 aliphatic heterocycles. The summed E-state index contributed by atoms with van der Waals surface area (Å²) in [7, 11) is 0. The summed E-state index contributed by atoms with van der Waals surface area (Å²) in [5.74, 6) is 2.03. The molecule has 4 saturated carbocycles. The van der Waals surface area contributed by atoms with Crippen molar-refractivity contribution < 1.29 is 9.59 Å². The van der Waals surface area contributed by atoms with Gasteiger partial charge in [-0.05, 0) is 68.4 Å². The number of hydrogen-bond acceptors (Lipinski definition) is 4. The molecule has 2 amide bonds. The first-order chi connectivity index (χ1) is 14.5. The van der Waals surface area contributed by atoms with Gasteiger partial charge >= 0.3 is 0 Å². The number of nitrogens with one attached hydrogen (secondary N) is 3. The smallest absolute Gasteiger partial charge is 0.284 e. The summed E-state index contributed by atoms with van der Waals surface area (Å²) in [5, 5.41) is 2.87. The summed E-state index contributed by atoms with van der Waals surface area (Å²) in [6.07, 6.45) is 9.77. The lowest BCUT2D eigenvalue weighted by Gasteiger charge is -2.56. The fraction of sp³-hybridized carbons (Fsp3) is 0.455. The molecule has 0 radical (unpaired) electrons. The lowest BCUT2D eigenvalue weighted by Crippen LogP contribution is -2.48. The Balaban J connectivity index is 1.27. The van der Waals surface area contributed by atoms with Crippen LogP contribution in [0.2, 0.25) is 0 Å². The van der Waals surface area contributed by atoms with Gasteiger partial charge in [-0.25, -0.2) is 9.97 Å². The first-order valence-corrected chi connectivity index (χ1v) is 10.6. The molecule has 3 aromatic rings. The van der Waals surface area contributed by atoms with Crippen molar-refractivity contribution in [2.75, 3.05) is 5.32 Å². The third-order valence-corrected chi connectivity index (χ3v) is 7.41. The van der Waals surface area contributed by atoms with Crippen molar-refractivity contribution in [2.24, 2.45) is 23.5 Å². The normalized spacial score (nSPS) is 29.4. The summed E-state index contributed by atoms with van der Waals surface area (Å²) < 4.78 is 0. The van der Waals surface area contributed by atoms with Crippen LogP contribution >= 0.6 is 0 Å².